The van der Waals surface area contributed by atoms with Gasteiger partial charge in [-0.05, 0) is 18.8 Å². The largest absolute Gasteiger partial charge is 0.265 e. The molecular weight excluding hydrogens is 146 g/mol. The first-order valence-corrected chi connectivity index (χ1v) is 4.66. The van der Waals surface area contributed by atoms with Crippen LogP contribution in [0.25, 0.3) is 0 Å². The SMILES string of the molecule is CCC(C)(C)[C@]1(C)C=CN=C1C. The molecule has 1 aliphatic rings. The van der Waals surface area contributed by atoms with E-state index in [4.69, 9.17) is 0 Å². The first kappa shape index (κ1) is 9.50. The van der Waals surface area contributed by atoms with Crippen molar-refractivity contribution in [2.45, 2.75) is 41.0 Å². The molecule has 0 aromatic rings. The number of aliphatic imine (C=N–C) groups is 1. The lowest BCUT2D eigenvalue weighted by Crippen LogP contribution is -2.37. The van der Waals surface area contributed by atoms with Gasteiger partial charge >= 0.3 is 0 Å². The first-order valence-electron chi connectivity index (χ1n) is 4.66. The van der Waals surface area contributed by atoms with Gasteiger partial charge in [-0.15, -0.1) is 0 Å². The molecule has 1 heteroatoms. The van der Waals surface area contributed by atoms with E-state index in [2.05, 4.69) is 45.7 Å². The fraction of sp³-hybridized carbons (Fsp3) is 0.727. The van der Waals surface area contributed by atoms with Crippen LogP contribution < -0.4 is 0 Å². The summed E-state index contributed by atoms with van der Waals surface area (Å²) in [5, 5.41) is 0. The van der Waals surface area contributed by atoms with Gasteiger partial charge in [-0.1, -0.05) is 33.8 Å². The lowest BCUT2D eigenvalue weighted by molar-refractivity contribution is 0.212. The third-order valence-electron chi connectivity index (χ3n) is 3.72. The summed E-state index contributed by atoms with van der Waals surface area (Å²) in [7, 11) is 0. The van der Waals surface area contributed by atoms with Crippen LogP contribution in [0.5, 0.6) is 0 Å². The van der Waals surface area contributed by atoms with Gasteiger partial charge in [0.05, 0.1) is 0 Å². The Bertz CT molecular complexity index is 235. The molecule has 0 spiro atoms. The predicted octanol–water partition coefficient (Wildman–Crippen LogP) is 3.42. The van der Waals surface area contributed by atoms with Crippen LogP contribution in [0.3, 0.4) is 0 Å². The highest BCUT2D eigenvalue weighted by Gasteiger charge is 2.41. The molecule has 0 amide bonds. The molecule has 0 unspecified atom stereocenters. The Balaban J connectivity index is 3.01. The van der Waals surface area contributed by atoms with Crippen LogP contribution in [-0.4, -0.2) is 5.71 Å². The number of rotatable bonds is 2. The highest BCUT2D eigenvalue weighted by Crippen LogP contribution is 2.45. The first-order chi connectivity index (χ1) is 5.44. The zero-order valence-electron chi connectivity index (χ0n) is 8.81. The highest BCUT2D eigenvalue weighted by atomic mass is 14.8. The summed E-state index contributed by atoms with van der Waals surface area (Å²) in [6, 6.07) is 0. The van der Waals surface area contributed by atoms with Gasteiger partial charge in [-0.2, -0.15) is 0 Å². The van der Waals surface area contributed by atoms with Crippen molar-refractivity contribution >= 4 is 5.71 Å². The maximum atomic E-state index is 4.34. The Morgan fingerprint density at radius 1 is 1.50 bits per heavy atom. The van der Waals surface area contributed by atoms with E-state index in [0.717, 1.165) is 0 Å². The van der Waals surface area contributed by atoms with Crippen molar-refractivity contribution in [2.75, 3.05) is 0 Å². The molecule has 12 heavy (non-hydrogen) atoms. The van der Waals surface area contributed by atoms with Crippen molar-refractivity contribution in [1.29, 1.82) is 0 Å². The molecule has 0 saturated carbocycles. The Morgan fingerprint density at radius 3 is 2.42 bits per heavy atom. The van der Waals surface area contributed by atoms with Crippen molar-refractivity contribution in [1.82, 2.24) is 0 Å². The molecule has 1 rings (SSSR count). The second-order valence-electron chi connectivity index (χ2n) is 4.47. The predicted molar refractivity (Wildman–Crippen MR) is 54.4 cm³/mol. The molecule has 68 valence electrons. The summed E-state index contributed by atoms with van der Waals surface area (Å²) >= 11 is 0. The average molecular weight is 165 g/mol. The molecule has 0 aliphatic carbocycles. The molecule has 0 radical (unpaired) electrons. The molecular formula is C11H19N. The minimum atomic E-state index is 0.168. The maximum absolute atomic E-state index is 4.34. The Kier molecular flexibility index (Phi) is 2.15. The van der Waals surface area contributed by atoms with E-state index in [1.54, 1.807) is 0 Å². The lowest BCUT2D eigenvalue weighted by atomic mass is 9.63. The molecule has 0 N–H and O–H groups in total. The van der Waals surface area contributed by atoms with E-state index in [1.807, 2.05) is 6.20 Å². The Morgan fingerprint density at radius 2 is 2.08 bits per heavy atom. The van der Waals surface area contributed by atoms with E-state index in [9.17, 15) is 0 Å². The minimum absolute atomic E-state index is 0.168. The van der Waals surface area contributed by atoms with Gasteiger partial charge < -0.3 is 0 Å². The summed E-state index contributed by atoms with van der Waals surface area (Å²) in [5.41, 5.74) is 1.73. The van der Waals surface area contributed by atoms with Gasteiger partial charge in [0.15, 0.2) is 0 Å². The zero-order valence-corrected chi connectivity index (χ0v) is 8.81. The summed E-state index contributed by atoms with van der Waals surface area (Å²) in [6.45, 7) is 11.3. The molecule has 1 aliphatic heterocycles. The molecule has 1 nitrogen and oxygen atoms in total. The van der Waals surface area contributed by atoms with Gasteiger partial charge in [0, 0.05) is 17.3 Å². The Labute approximate surface area is 75.6 Å². The van der Waals surface area contributed by atoms with Crippen molar-refractivity contribution in [3.63, 3.8) is 0 Å². The van der Waals surface area contributed by atoms with E-state index >= 15 is 0 Å². The number of allylic oxidation sites excluding steroid dienone is 1. The summed E-state index contributed by atoms with van der Waals surface area (Å²) < 4.78 is 0. The minimum Gasteiger partial charge on any atom is -0.265 e. The summed E-state index contributed by atoms with van der Waals surface area (Å²) in [5.74, 6) is 0. The second-order valence-corrected chi connectivity index (χ2v) is 4.47. The third kappa shape index (κ3) is 1.12. The summed E-state index contributed by atoms with van der Waals surface area (Å²) in [4.78, 5) is 4.34. The van der Waals surface area contributed by atoms with Crippen LogP contribution in [0, 0.1) is 10.8 Å². The molecule has 1 heterocycles. The standard InChI is InChI=1S/C11H19N/c1-6-10(3,4)11(5)7-8-12-9(11)2/h7-8H,6H2,1-5H3/t11-/m1/s1. The smallest absolute Gasteiger partial charge is 0.0303 e. The third-order valence-corrected chi connectivity index (χ3v) is 3.72. The molecule has 1 atom stereocenters. The van der Waals surface area contributed by atoms with Crippen LogP contribution >= 0.6 is 0 Å². The van der Waals surface area contributed by atoms with Gasteiger partial charge in [0.25, 0.3) is 0 Å². The van der Waals surface area contributed by atoms with Crippen molar-refractivity contribution in [3.8, 4) is 0 Å². The number of nitrogens with zero attached hydrogens (tertiary/aromatic N) is 1. The van der Waals surface area contributed by atoms with Crippen LogP contribution in [0.1, 0.15) is 41.0 Å². The molecule has 0 saturated heterocycles. The van der Waals surface area contributed by atoms with Gasteiger partial charge in [-0.3, -0.25) is 4.99 Å². The monoisotopic (exact) mass is 165 g/mol. The van der Waals surface area contributed by atoms with Crippen LogP contribution in [0.2, 0.25) is 0 Å². The van der Waals surface area contributed by atoms with Crippen LogP contribution in [0.15, 0.2) is 17.3 Å². The molecule has 0 bridgehead atoms. The van der Waals surface area contributed by atoms with Crippen LogP contribution in [-0.2, 0) is 0 Å². The fourth-order valence-corrected chi connectivity index (χ4v) is 1.64. The normalized spacial score (nSPS) is 29.2. The number of hydrogen-bond donors (Lipinski definition) is 0. The maximum Gasteiger partial charge on any atom is 0.0303 e. The average Bonchev–Trinajstić information content (AvgIpc) is 2.34. The van der Waals surface area contributed by atoms with Crippen molar-refractivity contribution < 1.29 is 0 Å². The summed E-state index contributed by atoms with van der Waals surface area (Å²) in [6.07, 6.45) is 5.35. The quantitative estimate of drug-likeness (QED) is 0.594. The zero-order chi connectivity index (χ0) is 9.41. The van der Waals surface area contributed by atoms with Gasteiger partial charge in [0.2, 0.25) is 0 Å². The van der Waals surface area contributed by atoms with Gasteiger partial charge in [-0.25, -0.2) is 0 Å². The fourth-order valence-electron chi connectivity index (χ4n) is 1.64. The molecule has 0 aromatic heterocycles. The van der Waals surface area contributed by atoms with Crippen molar-refractivity contribution in [3.05, 3.63) is 12.3 Å². The highest BCUT2D eigenvalue weighted by molar-refractivity contribution is 5.92. The van der Waals surface area contributed by atoms with Gasteiger partial charge in [0.1, 0.15) is 0 Å². The second kappa shape index (κ2) is 2.72. The van der Waals surface area contributed by atoms with E-state index in [1.165, 1.54) is 12.1 Å². The molecule has 0 fully saturated rings. The Hall–Kier alpha value is -0.590. The van der Waals surface area contributed by atoms with E-state index in [-0.39, 0.29) is 5.41 Å². The molecule has 0 aromatic carbocycles. The van der Waals surface area contributed by atoms with Crippen LogP contribution in [0.4, 0.5) is 0 Å². The van der Waals surface area contributed by atoms with Crippen molar-refractivity contribution in [2.24, 2.45) is 15.8 Å². The van der Waals surface area contributed by atoms with E-state index < -0.39 is 0 Å². The van der Waals surface area contributed by atoms with E-state index in [0.29, 0.717) is 5.41 Å². The number of hydrogen-bond acceptors (Lipinski definition) is 1. The topological polar surface area (TPSA) is 12.4 Å². The lowest BCUT2D eigenvalue weighted by Gasteiger charge is -2.40.